The van der Waals surface area contributed by atoms with E-state index in [2.05, 4.69) is 20.8 Å². The number of carbonyl (C=O) groups is 1. The van der Waals surface area contributed by atoms with Gasteiger partial charge >= 0.3 is 5.97 Å². The van der Waals surface area contributed by atoms with Crippen molar-refractivity contribution in [1.82, 2.24) is 0 Å². The maximum absolute atomic E-state index is 12.8. The van der Waals surface area contributed by atoms with Gasteiger partial charge in [0.05, 0.1) is 11.0 Å². The van der Waals surface area contributed by atoms with Crippen molar-refractivity contribution < 1.29 is 34.0 Å². The Morgan fingerprint density at radius 3 is 2.57 bits per heavy atom. The fraction of sp³-hybridized carbons (Fsp3) is 0.952. The minimum Gasteiger partial charge on any atom is -0.462 e. The Balaban J connectivity index is 1.58. The van der Waals surface area contributed by atoms with Gasteiger partial charge in [-0.2, -0.15) is 0 Å². The van der Waals surface area contributed by atoms with Gasteiger partial charge in [0.15, 0.2) is 18.2 Å². The molecule has 2 N–H and O–H groups in total. The molecular formula is C21H32O7. The standard InChI is InChI=1S/C21H32O7/c1-11-10-12-13-18(2,16(23)26-12)6-5-7-19(13,3)21(11)9-8-20(28-21)14(22)15(25-4)27-17(20)24/h11-15,17,22,24H,5-10H2,1-4H3. The minimum absolute atomic E-state index is 0.0749. The third-order valence-corrected chi connectivity index (χ3v) is 9.14. The van der Waals surface area contributed by atoms with Gasteiger partial charge in [0, 0.05) is 18.4 Å². The molecule has 10 atom stereocenters. The molecule has 0 radical (unpaired) electrons. The van der Waals surface area contributed by atoms with Crippen LogP contribution in [0.2, 0.25) is 0 Å². The van der Waals surface area contributed by atoms with Gasteiger partial charge in [-0.15, -0.1) is 0 Å². The summed E-state index contributed by atoms with van der Waals surface area (Å²) in [6, 6.07) is 0. The Labute approximate surface area is 165 Å². The predicted octanol–water partition coefficient (Wildman–Crippen LogP) is 1.73. The van der Waals surface area contributed by atoms with Crippen LogP contribution in [0.5, 0.6) is 0 Å². The summed E-state index contributed by atoms with van der Waals surface area (Å²) in [5.74, 6) is 0.143. The molecule has 0 amide bonds. The summed E-state index contributed by atoms with van der Waals surface area (Å²) >= 11 is 0. The molecule has 0 bridgehead atoms. The second kappa shape index (κ2) is 5.70. The highest BCUT2D eigenvalue weighted by Crippen LogP contribution is 2.71. The highest BCUT2D eigenvalue weighted by molar-refractivity contribution is 5.80. The molecule has 28 heavy (non-hydrogen) atoms. The molecule has 2 spiro atoms. The highest BCUT2D eigenvalue weighted by atomic mass is 16.8. The number of methoxy groups -OCH3 is 1. The summed E-state index contributed by atoms with van der Waals surface area (Å²) in [4.78, 5) is 12.8. The number of carbonyl (C=O) groups excluding carboxylic acids is 1. The first-order valence-electron chi connectivity index (χ1n) is 10.6. The van der Waals surface area contributed by atoms with E-state index in [4.69, 9.17) is 18.9 Å². The first-order valence-corrected chi connectivity index (χ1v) is 10.6. The van der Waals surface area contributed by atoms with Crippen molar-refractivity contribution >= 4 is 5.97 Å². The van der Waals surface area contributed by atoms with Gasteiger partial charge in [0.1, 0.15) is 12.2 Å². The normalized spacial score (nSPS) is 60.4. The van der Waals surface area contributed by atoms with E-state index < -0.39 is 35.3 Å². The molecule has 5 aliphatic rings. The van der Waals surface area contributed by atoms with Crippen LogP contribution in [-0.2, 0) is 23.7 Å². The van der Waals surface area contributed by atoms with Gasteiger partial charge in [0.25, 0.3) is 0 Å². The average Bonchev–Trinajstić information content (AvgIpc) is 3.24. The van der Waals surface area contributed by atoms with E-state index in [1.165, 1.54) is 7.11 Å². The van der Waals surface area contributed by atoms with Crippen LogP contribution in [0, 0.1) is 22.7 Å². The Hall–Kier alpha value is -0.730. The summed E-state index contributed by atoms with van der Waals surface area (Å²) in [7, 11) is 1.45. The molecule has 0 aromatic carbocycles. The number of aliphatic hydroxyl groups is 2. The molecule has 0 aromatic heterocycles. The summed E-state index contributed by atoms with van der Waals surface area (Å²) in [6.07, 6.45) is 1.41. The Morgan fingerprint density at radius 1 is 1.14 bits per heavy atom. The summed E-state index contributed by atoms with van der Waals surface area (Å²) < 4.78 is 23.4. The second-order valence-corrected chi connectivity index (χ2v) is 10.2. The third-order valence-electron chi connectivity index (χ3n) is 9.14. The van der Waals surface area contributed by atoms with Crippen molar-refractivity contribution in [3.05, 3.63) is 0 Å². The molecule has 7 nitrogen and oxygen atoms in total. The average molecular weight is 396 g/mol. The number of ether oxygens (including phenoxy) is 4. The SMILES string of the molecule is COC1OC(O)C2(CCC3(O2)C(C)CC2OC(=O)C4(C)CCCC3(C)C24)C1O. The van der Waals surface area contributed by atoms with Crippen molar-refractivity contribution in [1.29, 1.82) is 0 Å². The van der Waals surface area contributed by atoms with Crippen LogP contribution in [0.3, 0.4) is 0 Å². The second-order valence-electron chi connectivity index (χ2n) is 10.2. The smallest absolute Gasteiger partial charge is 0.312 e. The minimum atomic E-state index is -1.24. The lowest BCUT2D eigenvalue weighted by Gasteiger charge is -2.62. The summed E-state index contributed by atoms with van der Waals surface area (Å²) in [6.45, 7) is 6.44. The van der Waals surface area contributed by atoms with Crippen molar-refractivity contribution in [3.63, 3.8) is 0 Å². The van der Waals surface area contributed by atoms with Crippen LogP contribution in [0.1, 0.15) is 59.3 Å². The number of esters is 1. The maximum atomic E-state index is 12.8. The number of fused-ring (bicyclic) bond motifs is 1. The molecule has 2 aliphatic carbocycles. The summed E-state index contributed by atoms with van der Waals surface area (Å²) in [5, 5.41) is 21.6. The lowest BCUT2D eigenvalue weighted by atomic mass is 9.44. The van der Waals surface area contributed by atoms with E-state index in [-0.39, 0.29) is 29.3 Å². The lowest BCUT2D eigenvalue weighted by molar-refractivity contribution is -0.286. The van der Waals surface area contributed by atoms with Crippen LogP contribution < -0.4 is 0 Å². The van der Waals surface area contributed by atoms with Gasteiger partial charge in [0.2, 0.25) is 0 Å². The fourth-order valence-electron chi connectivity index (χ4n) is 7.82. The van der Waals surface area contributed by atoms with Crippen molar-refractivity contribution in [2.45, 2.75) is 95.3 Å². The molecule has 2 saturated carbocycles. The Bertz CT molecular complexity index is 698. The van der Waals surface area contributed by atoms with E-state index in [0.717, 1.165) is 25.7 Å². The zero-order valence-electron chi connectivity index (χ0n) is 17.1. The molecule has 3 heterocycles. The summed E-state index contributed by atoms with van der Waals surface area (Å²) in [5.41, 5.74) is -2.50. The first kappa shape index (κ1) is 19.2. The number of rotatable bonds is 1. The molecule has 158 valence electrons. The zero-order chi connectivity index (χ0) is 20.1. The molecule has 3 saturated heterocycles. The molecule has 10 unspecified atom stereocenters. The molecule has 7 heteroatoms. The maximum Gasteiger partial charge on any atom is 0.312 e. The first-order chi connectivity index (χ1) is 13.1. The lowest BCUT2D eigenvalue weighted by Crippen LogP contribution is -2.66. The van der Waals surface area contributed by atoms with Gasteiger partial charge in [-0.25, -0.2) is 0 Å². The van der Waals surface area contributed by atoms with Crippen LogP contribution in [0.4, 0.5) is 0 Å². The van der Waals surface area contributed by atoms with Crippen LogP contribution >= 0.6 is 0 Å². The molecule has 0 aromatic rings. The Kier molecular flexibility index (Phi) is 3.92. The molecule has 5 fully saturated rings. The van der Waals surface area contributed by atoms with Gasteiger partial charge < -0.3 is 29.2 Å². The zero-order valence-corrected chi connectivity index (χ0v) is 17.1. The van der Waals surface area contributed by atoms with Crippen molar-refractivity contribution in [2.24, 2.45) is 22.7 Å². The monoisotopic (exact) mass is 396 g/mol. The topological polar surface area (TPSA) is 94.5 Å². The van der Waals surface area contributed by atoms with E-state index in [1.807, 2.05) is 0 Å². The highest BCUT2D eigenvalue weighted by Gasteiger charge is 2.76. The Morgan fingerprint density at radius 2 is 1.89 bits per heavy atom. The molecule has 3 aliphatic heterocycles. The molecule has 5 rings (SSSR count). The van der Waals surface area contributed by atoms with Crippen molar-refractivity contribution in [2.75, 3.05) is 7.11 Å². The van der Waals surface area contributed by atoms with Gasteiger partial charge in [-0.3, -0.25) is 4.79 Å². The van der Waals surface area contributed by atoms with Crippen molar-refractivity contribution in [3.8, 4) is 0 Å². The van der Waals surface area contributed by atoms with Gasteiger partial charge in [-0.1, -0.05) is 20.3 Å². The number of hydrogen-bond acceptors (Lipinski definition) is 7. The third kappa shape index (κ3) is 1.95. The fourth-order valence-corrected chi connectivity index (χ4v) is 7.82. The number of aliphatic hydroxyl groups excluding tert-OH is 2. The largest absolute Gasteiger partial charge is 0.462 e. The molecular weight excluding hydrogens is 364 g/mol. The van der Waals surface area contributed by atoms with E-state index in [9.17, 15) is 15.0 Å². The van der Waals surface area contributed by atoms with Crippen LogP contribution in [-0.4, -0.2) is 59.3 Å². The van der Waals surface area contributed by atoms with E-state index in [0.29, 0.717) is 12.8 Å². The van der Waals surface area contributed by atoms with Gasteiger partial charge in [-0.05, 0) is 44.9 Å². The van der Waals surface area contributed by atoms with Crippen LogP contribution in [0.25, 0.3) is 0 Å². The quantitative estimate of drug-likeness (QED) is 0.652. The van der Waals surface area contributed by atoms with E-state index >= 15 is 0 Å². The van der Waals surface area contributed by atoms with Crippen LogP contribution in [0.15, 0.2) is 0 Å². The predicted molar refractivity (Wildman–Crippen MR) is 96.9 cm³/mol. The van der Waals surface area contributed by atoms with E-state index in [1.54, 1.807) is 0 Å². The number of hydrogen-bond donors (Lipinski definition) is 2.